The van der Waals surface area contributed by atoms with E-state index in [0.717, 1.165) is 32.8 Å². The summed E-state index contributed by atoms with van der Waals surface area (Å²) in [6.45, 7) is 11.1. The van der Waals surface area contributed by atoms with Crippen LogP contribution in [0.1, 0.15) is 20.8 Å². The number of benzene rings is 1. The van der Waals surface area contributed by atoms with Crippen molar-refractivity contribution in [2.75, 3.05) is 38.2 Å². The molecule has 0 aromatic heterocycles. The highest BCUT2D eigenvalue weighted by Gasteiger charge is 2.11. The highest BCUT2D eigenvalue weighted by atomic mass is 16.5. The molecule has 1 rings (SSSR count). The Morgan fingerprint density at radius 3 is 2.56 bits per heavy atom. The highest BCUT2D eigenvalue weighted by Crippen LogP contribution is 2.06. The number of anilines is 1. The minimum absolute atomic E-state index is 0.510. The van der Waals surface area contributed by atoms with Crippen molar-refractivity contribution in [2.24, 2.45) is 0 Å². The van der Waals surface area contributed by atoms with E-state index in [9.17, 15) is 0 Å². The first-order chi connectivity index (χ1) is 8.77. The van der Waals surface area contributed by atoms with Gasteiger partial charge in [-0.3, -0.25) is 4.90 Å². The van der Waals surface area contributed by atoms with Gasteiger partial charge in [0, 0.05) is 31.4 Å². The molecule has 1 atom stereocenters. The topological polar surface area (TPSA) is 24.5 Å². The number of nitrogens with zero attached hydrogens (tertiary/aromatic N) is 1. The molecule has 3 heteroatoms. The van der Waals surface area contributed by atoms with Crippen LogP contribution in [0.25, 0.3) is 0 Å². The molecule has 0 radical (unpaired) electrons. The molecular weight excluding hydrogens is 224 g/mol. The van der Waals surface area contributed by atoms with Crippen LogP contribution in [0.2, 0.25) is 0 Å². The number of likely N-dealkylation sites (N-methyl/N-ethyl adjacent to an activating group) is 1. The van der Waals surface area contributed by atoms with Crippen molar-refractivity contribution in [1.29, 1.82) is 0 Å². The van der Waals surface area contributed by atoms with Crippen LogP contribution in [0.3, 0.4) is 0 Å². The standard InChI is InChI=1S/C15H26N2O/c1-4-17(11-12-18-5-2)14(3)13-16-15-9-7-6-8-10-15/h6-10,14,16H,4-5,11-13H2,1-3H3. The zero-order valence-corrected chi connectivity index (χ0v) is 11.9. The van der Waals surface area contributed by atoms with Gasteiger partial charge >= 0.3 is 0 Å². The average molecular weight is 250 g/mol. The minimum atomic E-state index is 0.510. The minimum Gasteiger partial charge on any atom is -0.383 e. The van der Waals surface area contributed by atoms with Gasteiger partial charge in [-0.1, -0.05) is 25.1 Å². The van der Waals surface area contributed by atoms with Gasteiger partial charge in [-0.25, -0.2) is 0 Å². The number of para-hydroxylation sites is 1. The lowest BCUT2D eigenvalue weighted by atomic mass is 10.2. The second kappa shape index (κ2) is 8.95. The number of rotatable bonds is 9. The zero-order chi connectivity index (χ0) is 13.2. The summed E-state index contributed by atoms with van der Waals surface area (Å²) < 4.78 is 5.42. The third-order valence-electron chi connectivity index (χ3n) is 3.13. The largest absolute Gasteiger partial charge is 0.383 e. The summed E-state index contributed by atoms with van der Waals surface area (Å²) in [4.78, 5) is 2.44. The zero-order valence-electron chi connectivity index (χ0n) is 11.9. The molecule has 1 unspecified atom stereocenters. The van der Waals surface area contributed by atoms with Crippen molar-refractivity contribution in [2.45, 2.75) is 26.8 Å². The van der Waals surface area contributed by atoms with E-state index in [4.69, 9.17) is 4.74 Å². The van der Waals surface area contributed by atoms with Gasteiger partial charge in [0.15, 0.2) is 0 Å². The molecule has 0 spiro atoms. The van der Waals surface area contributed by atoms with Crippen molar-refractivity contribution in [3.05, 3.63) is 30.3 Å². The van der Waals surface area contributed by atoms with Gasteiger partial charge in [-0.2, -0.15) is 0 Å². The van der Waals surface area contributed by atoms with E-state index in [1.165, 1.54) is 5.69 Å². The van der Waals surface area contributed by atoms with Gasteiger partial charge in [0.2, 0.25) is 0 Å². The highest BCUT2D eigenvalue weighted by molar-refractivity contribution is 5.42. The van der Waals surface area contributed by atoms with Gasteiger partial charge in [-0.15, -0.1) is 0 Å². The molecule has 0 saturated carbocycles. The third-order valence-corrected chi connectivity index (χ3v) is 3.13. The molecule has 1 aromatic carbocycles. The lowest BCUT2D eigenvalue weighted by Crippen LogP contribution is -2.39. The molecule has 0 aliphatic carbocycles. The van der Waals surface area contributed by atoms with Crippen LogP contribution in [0, 0.1) is 0 Å². The van der Waals surface area contributed by atoms with Crippen LogP contribution < -0.4 is 5.32 Å². The maximum absolute atomic E-state index is 5.42. The van der Waals surface area contributed by atoms with E-state index < -0.39 is 0 Å². The smallest absolute Gasteiger partial charge is 0.0593 e. The van der Waals surface area contributed by atoms with Crippen molar-refractivity contribution in [1.82, 2.24) is 4.90 Å². The van der Waals surface area contributed by atoms with Crippen LogP contribution >= 0.6 is 0 Å². The first-order valence-corrected chi connectivity index (χ1v) is 6.88. The summed E-state index contributed by atoms with van der Waals surface area (Å²) in [5.74, 6) is 0. The van der Waals surface area contributed by atoms with E-state index in [1.807, 2.05) is 13.0 Å². The Hall–Kier alpha value is -1.06. The van der Waals surface area contributed by atoms with Crippen LogP contribution in [0.15, 0.2) is 30.3 Å². The molecule has 0 aliphatic heterocycles. The van der Waals surface area contributed by atoms with Crippen LogP contribution in [0.4, 0.5) is 5.69 Å². The summed E-state index contributed by atoms with van der Waals surface area (Å²) in [6, 6.07) is 10.9. The SMILES string of the molecule is CCOCCN(CC)C(C)CNc1ccccc1. The summed E-state index contributed by atoms with van der Waals surface area (Å²) in [5, 5.41) is 3.47. The normalized spacial score (nSPS) is 12.7. The molecule has 0 amide bonds. The van der Waals surface area contributed by atoms with Crippen molar-refractivity contribution in [3.63, 3.8) is 0 Å². The number of hydrogen-bond acceptors (Lipinski definition) is 3. The fourth-order valence-corrected chi connectivity index (χ4v) is 1.97. The Morgan fingerprint density at radius 1 is 1.22 bits per heavy atom. The van der Waals surface area contributed by atoms with Crippen molar-refractivity contribution >= 4 is 5.69 Å². The van der Waals surface area contributed by atoms with E-state index in [0.29, 0.717) is 6.04 Å². The Labute approximate surface area is 111 Å². The quantitative estimate of drug-likeness (QED) is 0.682. The van der Waals surface area contributed by atoms with Crippen molar-refractivity contribution in [3.8, 4) is 0 Å². The fourth-order valence-electron chi connectivity index (χ4n) is 1.97. The number of nitrogens with one attached hydrogen (secondary N) is 1. The molecule has 0 bridgehead atoms. The second-order valence-corrected chi connectivity index (χ2v) is 4.42. The lowest BCUT2D eigenvalue weighted by Gasteiger charge is -2.28. The van der Waals surface area contributed by atoms with Gasteiger partial charge in [0.05, 0.1) is 6.61 Å². The molecule has 1 aromatic rings. The number of ether oxygens (including phenoxy) is 1. The van der Waals surface area contributed by atoms with E-state index in [-0.39, 0.29) is 0 Å². The molecule has 102 valence electrons. The third kappa shape index (κ3) is 5.52. The second-order valence-electron chi connectivity index (χ2n) is 4.42. The van der Waals surface area contributed by atoms with Gasteiger partial charge < -0.3 is 10.1 Å². The Bertz CT molecular complexity index is 303. The molecule has 0 aliphatic rings. The number of hydrogen-bond donors (Lipinski definition) is 1. The monoisotopic (exact) mass is 250 g/mol. The Morgan fingerprint density at radius 2 is 1.94 bits per heavy atom. The fraction of sp³-hybridized carbons (Fsp3) is 0.600. The average Bonchev–Trinajstić information content (AvgIpc) is 2.42. The summed E-state index contributed by atoms with van der Waals surface area (Å²) >= 11 is 0. The van der Waals surface area contributed by atoms with Crippen LogP contribution in [0.5, 0.6) is 0 Å². The first-order valence-electron chi connectivity index (χ1n) is 6.88. The molecule has 0 heterocycles. The first kappa shape index (κ1) is 15.0. The summed E-state index contributed by atoms with van der Waals surface area (Å²) in [6.07, 6.45) is 0. The van der Waals surface area contributed by atoms with Crippen LogP contribution in [-0.2, 0) is 4.74 Å². The molecule has 0 saturated heterocycles. The predicted octanol–water partition coefficient (Wildman–Crippen LogP) is 2.85. The lowest BCUT2D eigenvalue weighted by molar-refractivity contribution is 0.102. The van der Waals surface area contributed by atoms with E-state index in [2.05, 4.69) is 48.3 Å². The van der Waals surface area contributed by atoms with Crippen molar-refractivity contribution < 1.29 is 4.74 Å². The van der Waals surface area contributed by atoms with E-state index >= 15 is 0 Å². The molecule has 18 heavy (non-hydrogen) atoms. The molecular formula is C15H26N2O. The Balaban J connectivity index is 2.30. The van der Waals surface area contributed by atoms with Gasteiger partial charge in [0.1, 0.15) is 0 Å². The Kier molecular flexibility index (Phi) is 7.46. The van der Waals surface area contributed by atoms with Gasteiger partial charge in [0.25, 0.3) is 0 Å². The molecule has 1 N–H and O–H groups in total. The molecule has 3 nitrogen and oxygen atoms in total. The van der Waals surface area contributed by atoms with Crippen LogP contribution in [-0.4, -0.2) is 43.8 Å². The summed E-state index contributed by atoms with van der Waals surface area (Å²) in [5.41, 5.74) is 1.19. The van der Waals surface area contributed by atoms with E-state index in [1.54, 1.807) is 0 Å². The maximum Gasteiger partial charge on any atom is 0.0593 e. The summed E-state index contributed by atoms with van der Waals surface area (Å²) in [7, 11) is 0. The molecule has 0 fully saturated rings. The van der Waals surface area contributed by atoms with Gasteiger partial charge in [-0.05, 0) is 32.5 Å². The maximum atomic E-state index is 5.42. The predicted molar refractivity (Wildman–Crippen MR) is 78.1 cm³/mol.